The number of hydrogen-bond acceptors (Lipinski definition) is 11. The molecule has 3 aromatic heterocycles. The molecule has 1 aliphatic rings. The Labute approximate surface area is 287 Å². The van der Waals surface area contributed by atoms with E-state index in [1.165, 1.54) is 0 Å². The molecule has 3 N–H and O–H groups in total. The Balaban J connectivity index is 1.21. The highest BCUT2D eigenvalue weighted by molar-refractivity contribution is 6.39. The summed E-state index contributed by atoms with van der Waals surface area (Å²) in [6.07, 6.45) is 8.11. The normalized spacial score (nSPS) is 14.2. The Hall–Kier alpha value is -4.75. The SMILES string of the molecule is COc1nc(-c2cccc(-c3cccc(-c4cnc(CNC[C@@H]5CCC(=O)N5)c(OC)n4)c3Cl)c2Cl)cnc1CNCc1ncccn1. The number of halogens is 2. The molecule has 1 saturated heterocycles. The van der Waals surface area contributed by atoms with Gasteiger partial charge in [0.15, 0.2) is 0 Å². The lowest BCUT2D eigenvalue weighted by molar-refractivity contribution is -0.119. The van der Waals surface area contributed by atoms with E-state index in [0.717, 1.165) is 17.5 Å². The first-order chi connectivity index (χ1) is 23.4. The third-order valence-corrected chi connectivity index (χ3v) is 8.63. The van der Waals surface area contributed by atoms with E-state index in [0.29, 0.717) is 94.1 Å². The number of methoxy groups -OCH3 is 2. The van der Waals surface area contributed by atoms with Gasteiger partial charge in [0.1, 0.15) is 17.2 Å². The highest BCUT2D eigenvalue weighted by Gasteiger charge is 2.21. The van der Waals surface area contributed by atoms with E-state index in [1.54, 1.807) is 45.1 Å². The van der Waals surface area contributed by atoms with Gasteiger partial charge in [-0.3, -0.25) is 14.8 Å². The van der Waals surface area contributed by atoms with Crippen molar-refractivity contribution in [1.82, 2.24) is 45.9 Å². The van der Waals surface area contributed by atoms with Gasteiger partial charge < -0.3 is 25.4 Å². The Bertz CT molecular complexity index is 1910. The molecule has 1 aliphatic heterocycles. The molecule has 0 aliphatic carbocycles. The lowest BCUT2D eigenvalue weighted by atomic mass is 9.98. The van der Waals surface area contributed by atoms with Crippen LogP contribution in [-0.2, 0) is 24.4 Å². The average molecular weight is 687 g/mol. The first-order valence-corrected chi connectivity index (χ1v) is 16.1. The minimum atomic E-state index is 0.0817. The van der Waals surface area contributed by atoms with Crippen molar-refractivity contribution in [3.05, 3.63) is 94.5 Å². The average Bonchev–Trinajstić information content (AvgIpc) is 3.54. The number of benzene rings is 2. The molecular weight excluding hydrogens is 653 g/mol. The number of nitrogens with zero attached hydrogens (tertiary/aromatic N) is 6. The van der Waals surface area contributed by atoms with E-state index in [2.05, 4.69) is 35.9 Å². The largest absolute Gasteiger partial charge is 0.480 e. The minimum Gasteiger partial charge on any atom is -0.480 e. The van der Waals surface area contributed by atoms with E-state index in [-0.39, 0.29) is 11.9 Å². The second kappa shape index (κ2) is 15.4. The number of amides is 1. The van der Waals surface area contributed by atoms with Gasteiger partial charge in [-0.05, 0) is 12.5 Å². The molecule has 6 rings (SSSR count). The zero-order chi connectivity index (χ0) is 33.5. The molecule has 1 amide bonds. The topological polar surface area (TPSA) is 149 Å². The lowest BCUT2D eigenvalue weighted by Gasteiger charge is -2.15. The fourth-order valence-electron chi connectivity index (χ4n) is 5.41. The van der Waals surface area contributed by atoms with E-state index in [9.17, 15) is 4.79 Å². The van der Waals surface area contributed by atoms with Gasteiger partial charge >= 0.3 is 0 Å². The molecule has 1 atom stereocenters. The third-order valence-electron chi connectivity index (χ3n) is 7.81. The Morgan fingerprint density at radius 2 is 1.29 bits per heavy atom. The fraction of sp³-hybridized carbons (Fsp3) is 0.265. The maximum Gasteiger partial charge on any atom is 0.237 e. The molecule has 246 valence electrons. The highest BCUT2D eigenvalue weighted by Crippen LogP contribution is 2.42. The van der Waals surface area contributed by atoms with Crippen LogP contribution in [0.3, 0.4) is 0 Å². The van der Waals surface area contributed by atoms with Gasteiger partial charge in [0.25, 0.3) is 0 Å². The van der Waals surface area contributed by atoms with Crippen molar-refractivity contribution in [3.8, 4) is 45.4 Å². The molecule has 0 bridgehead atoms. The van der Waals surface area contributed by atoms with Gasteiger partial charge in [-0.25, -0.2) is 19.9 Å². The van der Waals surface area contributed by atoms with Crippen LogP contribution < -0.4 is 25.4 Å². The summed E-state index contributed by atoms with van der Waals surface area (Å²) in [5, 5.41) is 10.5. The molecule has 4 heterocycles. The summed E-state index contributed by atoms with van der Waals surface area (Å²) in [5.41, 5.74) is 5.18. The standard InChI is InChI=1S/C34H33Cl2N9O3/c1-47-33-27(15-37-14-20-10-11-30(46)43-20)41-17-25(44-33)23-8-3-6-21(31(23)35)22-7-4-9-24(32(22)36)26-18-42-28(34(45-26)48-2)16-38-19-29-39-12-5-13-40-29/h3-9,12-13,17-18,20,37-38H,10-11,14-16,19H2,1-2H3,(H,43,46)/t20-/m0/s1. The zero-order valence-corrected chi connectivity index (χ0v) is 27.8. The predicted octanol–water partition coefficient (Wildman–Crippen LogP) is 5.04. The van der Waals surface area contributed by atoms with Crippen LogP contribution in [0.4, 0.5) is 0 Å². The van der Waals surface area contributed by atoms with Crippen LogP contribution in [-0.4, -0.2) is 62.6 Å². The van der Waals surface area contributed by atoms with Crippen molar-refractivity contribution < 1.29 is 14.3 Å². The van der Waals surface area contributed by atoms with Gasteiger partial charge in [-0.1, -0.05) is 59.6 Å². The third kappa shape index (κ3) is 7.52. The summed E-state index contributed by atoms with van der Waals surface area (Å²) < 4.78 is 11.1. The first-order valence-electron chi connectivity index (χ1n) is 15.3. The minimum absolute atomic E-state index is 0.0817. The van der Waals surface area contributed by atoms with Crippen LogP contribution >= 0.6 is 23.2 Å². The number of ether oxygens (including phenoxy) is 2. The van der Waals surface area contributed by atoms with Crippen LogP contribution in [0.25, 0.3) is 33.6 Å². The Morgan fingerprint density at radius 3 is 1.81 bits per heavy atom. The second-order valence-electron chi connectivity index (χ2n) is 11.0. The molecular formula is C34H33Cl2N9O3. The molecule has 48 heavy (non-hydrogen) atoms. The van der Waals surface area contributed by atoms with Gasteiger partial charge in [-0.2, -0.15) is 0 Å². The van der Waals surface area contributed by atoms with Crippen LogP contribution in [0, 0.1) is 0 Å². The molecule has 0 radical (unpaired) electrons. The monoisotopic (exact) mass is 685 g/mol. The summed E-state index contributed by atoms with van der Waals surface area (Å²) in [5.74, 6) is 1.53. The fourth-order valence-corrected chi connectivity index (χ4v) is 6.06. The van der Waals surface area contributed by atoms with Gasteiger partial charge in [0.05, 0.1) is 54.6 Å². The number of aromatic nitrogens is 6. The molecule has 14 heteroatoms. The van der Waals surface area contributed by atoms with Crippen LogP contribution in [0.2, 0.25) is 10.0 Å². The Kier molecular flexibility index (Phi) is 10.7. The van der Waals surface area contributed by atoms with E-state index < -0.39 is 0 Å². The molecule has 0 saturated carbocycles. The molecule has 0 spiro atoms. The predicted molar refractivity (Wildman–Crippen MR) is 183 cm³/mol. The zero-order valence-electron chi connectivity index (χ0n) is 26.3. The smallest absolute Gasteiger partial charge is 0.237 e. The molecule has 2 aromatic carbocycles. The summed E-state index contributed by atoms with van der Waals surface area (Å²) in [4.78, 5) is 38.6. The van der Waals surface area contributed by atoms with Gasteiger partial charge in [0.2, 0.25) is 17.7 Å². The first kappa shape index (κ1) is 33.2. The molecule has 0 unspecified atom stereocenters. The molecule has 12 nitrogen and oxygen atoms in total. The summed E-state index contributed by atoms with van der Waals surface area (Å²) in [6.45, 7) is 1.96. The van der Waals surface area contributed by atoms with Crippen molar-refractivity contribution >= 4 is 29.1 Å². The number of rotatable bonds is 13. The van der Waals surface area contributed by atoms with Crippen LogP contribution in [0.15, 0.2) is 67.3 Å². The summed E-state index contributed by atoms with van der Waals surface area (Å²) >= 11 is 14.1. The number of hydrogen-bond donors (Lipinski definition) is 3. The highest BCUT2D eigenvalue weighted by atomic mass is 35.5. The van der Waals surface area contributed by atoms with E-state index in [4.69, 9.17) is 42.6 Å². The summed E-state index contributed by atoms with van der Waals surface area (Å²) in [6, 6.07) is 13.2. The van der Waals surface area contributed by atoms with Crippen molar-refractivity contribution in [3.63, 3.8) is 0 Å². The van der Waals surface area contributed by atoms with Crippen LogP contribution in [0.1, 0.15) is 30.1 Å². The van der Waals surface area contributed by atoms with Crippen molar-refractivity contribution in [2.24, 2.45) is 0 Å². The maximum absolute atomic E-state index is 11.5. The maximum atomic E-state index is 11.5. The van der Waals surface area contributed by atoms with Gasteiger partial charge in [0, 0.05) is 66.7 Å². The van der Waals surface area contributed by atoms with Crippen LogP contribution in [0.5, 0.6) is 11.8 Å². The Morgan fingerprint density at radius 1 is 0.750 bits per heavy atom. The van der Waals surface area contributed by atoms with E-state index in [1.807, 2.05) is 36.4 Å². The summed E-state index contributed by atoms with van der Waals surface area (Å²) in [7, 11) is 3.11. The second-order valence-corrected chi connectivity index (χ2v) is 11.7. The van der Waals surface area contributed by atoms with Crippen molar-refractivity contribution in [2.75, 3.05) is 20.8 Å². The van der Waals surface area contributed by atoms with Crippen molar-refractivity contribution in [2.45, 2.75) is 38.5 Å². The number of carbonyl (C=O) groups is 1. The quantitative estimate of drug-likeness (QED) is 0.153. The van der Waals surface area contributed by atoms with E-state index >= 15 is 0 Å². The molecule has 5 aromatic rings. The van der Waals surface area contributed by atoms with Gasteiger partial charge in [-0.15, -0.1) is 0 Å². The molecule has 1 fully saturated rings. The number of nitrogens with one attached hydrogen (secondary N) is 3. The number of carbonyl (C=O) groups excluding carboxylic acids is 1. The lowest BCUT2D eigenvalue weighted by Crippen LogP contribution is -2.35. The van der Waals surface area contributed by atoms with Crippen molar-refractivity contribution in [1.29, 1.82) is 0 Å².